The molecule has 1 aromatic rings. The van der Waals surface area contributed by atoms with Crippen LogP contribution in [0.3, 0.4) is 0 Å². The van der Waals surface area contributed by atoms with E-state index in [1.165, 1.54) is 18.2 Å². The highest BCUT2D eigenvalue weighted by molar-refractivity contribution is 6.38. The zero-order valence-electron chi connectivity index (χ0n) is 10.8. The Bertz CT molecular complexity index is 538. The lowest BCUT2D eigenvalue weighted by Crippen LogP contribution is -2.60. The SMILES string of the molecule is Cc1ccc(NC(=O)C(Cl)(C(F)(F)F)C(F)(F)F)cc1C. The number of benzene rings is 1. The van der Waals surface area contributed by atoms with E-state index >= 15 is 0 Å². The van der Waals surface area contributed by atoms with Crippen molar-refractivity contribution in [3.63, 3.8) is 0 Å². The van der Waals surface area contributed by atoms with Crippen LogP contribution in [0.5, 0.6) is 0 Å². The zero-order valence-corrected chi connectivity index (χ0v) is 11.5. The van der Waals surface area contributed by atoms with E-state index < -0.39 is 23.1 Å². The minimum atomic E-state index is -5.99. The van der Waals surface area contributed by atoms with E-state index in [1.54, 1.807) is 19.2 Å². The summed E-state index contributed by atoms with van der Waals surface area (Å²) < 4.78 is 75.5. The fraction of sp³-hybridized carbons (Fsp3) is 0.417. The van der Waals surface area contributed by atoms with Crippen molar-refractivity contribution in [2.45, 2.75) is 31.1 Å². The van der Waals surface area contributed by atoms with Crippen molar-refractivity contribution >= 4 is 23.2 Å². The topological polar surface area (TPSA) is 29.1 Å². The molecule has 0 bridgehead atoms. The number of amides is 1. The number of carbonyl (C=O) groups is 1. The standard InChI is InChI=1S/C12H10ClF6NO/c1-6-3-4-8(5-7(6)2)20-9(21)10(13,11(14,15)16)12(17,18)19/h3-5H,1-2H3,(H,20,21). The van der Waals surface area contributed by atoms with Crippen LogP contribution in [0.1, 0.15) is 11.1 Å². The average molecular weight is 334 g/mol. The first-order chi connectivity index (χ1) is 9.30. The molecule has 0 heterocycles. The van der Waals surface area contributed by atoms with Crippen LogP contribution in [0.4, 0.5) is 32.0 Å². The quantitative estimate of drug-likeness (QED) is 0.633. The fourth-order valence-electron chi connectivity index (χ4n) is 1.45. The van der Waals surface area contributed by atoms with E-state index in [1.807, 2.05) is 0 Å². The van der Waals surface area contributed by atoms with Crippen LogP contribution in [0, 0.1) is 13.8 Å². The van der Waals surface area contributed by atoms with Crippen molar-refractivity contribution in [2.75, 3.05) is 5.32 Å². The molecule has 21 heavy (non-hydrogen) atoms. The van der Waals surface area contributed by atoms with E-state index in [0.717, 1.165) is 5.56 Å². The van der Waals surface area contributed by atoms with Gasteiger partial charge >= 0.3 is 17.2 Å². The molecule has 118 valence electrons. The summed E-state index contributed by atoms with van der Waals surface area (Å²) in [6.07, 6.45) is -12.0. The Labute approximate surface area is 121 Å². The Morgan fingerprint density at radius 1 is 1.00 bits per heavy atom. The molecule has 1 rings (SSSR count). The fourth-order valence-corrected chi connectivity index (χ4v) is 1.50. The number of nitrogens with one attached hydrogen (secondary N) is 1. The number of hydrogen-bond donors (Lipinski definition) is 1. The summed E-state index contributed by atoms with van der Waals surface area (Å²) in [5.41, 5.74) is 1.14. The van der Waals surface area contributed by atoms with E-state index in [9.17, 15) is 31.1 Å². The second-order valence-electron chi connectivity index (χ2n) is 4.41. The number of alkyl halides is 7. The Kier molecular flexibility index (Phi) is 4.53. The predicted octanol–water partition coefficient (Wildman–Crippen LogP) is 4.34. The van der Waals surface area contributed by atoms with Crippen LogP contribution in [-0.2, 0) is 4.79 Å². The van der Waals surface area contributed by atoms with Gasteiger partial charge in [-0.1, -0.05) is 17.7 Å². The lowest BCUT2D eigenvalue weighted by molar-refractivity contribution is -0.258. The van der Waals surface area contributed by atoms with Gasteiger partial charge in [0.1, 0.15) is 0 Å². The van der Waals surface area contributed by atoms with Gasteiger partial charge in [-0.15, -0.1) is 0 Å². The molecule has 0 fully saturated rings. The summed E-state index contributed by atoms with van der Waals surface area (Å²) in [4.78, 5) is 6.44. The van der Waals surface area contributed by atoms with E-state index in [4.69, 9.17) is 0 Å². The molecular weight excluding hydrogens is 324 g/mol. The Morgan fingerprint density at radius 2 is 1.48 bits per heavy atom. The van der Waals surface area contributed by atoms with Crippen LogP contribution in [0.15, 0.2) is 18.2 Å². The van der Waals surface area contributed by atoms with Gasteiger partial charge in [0.25, 0.3) is 5.91 Å². The molecule has 0 aromatic heterocycles. The molecule has 9 heteroatoms. The van der Waals surface area contributed by atoms with Gasteiger partial charge in [-0.25, -0.2) is 0 Å². The third kappa shape index (κ3) is 3.25. The first kappa shape index (κ1) is 17.6. The van der Waals surface area contributed by atoms with Gasteiger partial charge in [0.15, 0.2) is 0 Å². The number of halogens is 7. The van der Waals surface area contributed by atoms with E-state index in [-0.39, 0.29) is 5.69 Å². The van der Waals surface area contributed by atoms with Gasteiger partial charge in [-0.3, -0.25) is 4.79 Å². The van der Waals surface area contributed by atoms with Crippen LogP contribution < -0.4 is 5.32 Å². The van der Waals surface area contributed by atoms with E-state index in [2.05, 4.69) is 11.6 Å². The highest BCUT2D eigenvalue weighted by Gasteiger charge is 2.75. The second kappa shape index (κ2) is 5.40. The maximum absolute atomic E-state index is 12.6. The third-order valence-corrected chi connectivity index (χ3v) is 3.46. The molecule has 1 N–H and O–H groups in total. The summed E-state index contributed by atoms with van der Waals surface area (Å²) in [5, 5.41) is 1.55. The Hall–Kier alpha value is -1.44. The van der Waals surface area contributed by atoms with Gasteiger partial charge in [0.05, 0.1) is 0 Å². The van der Waals surface area contributed by atoms with Crippen molar-refractivity contribution < 1.29 is 31.1 Å². The normalized spacial score (nSPS) is 13.2. The van der Waals surface area contributed by atoms with E-state index in [0.29, 0.717) is 5.56 Å². The molecule has 1 aromatic carbocycles. The predicted molar refractivity (Wildman–Crippen MR) is 65.2 cm³/mol. The number of rotatable bonds is 2. The maximum atomic E-state index is 12.6. The second-order valence-corrected chi connectivity index (χ2v) is 4.97. The molecule has 0 spiro atoms. The Balaban J connectivity index is 3.17. The first-order valence-corrected chi connectivity index (χ1v) is 5.89. The van der Waals surface area contributed by atoms with Crippen LogP contribution in [0.25, 0.3) is 0 Å². The average Bonchev–Trinajstić information content (AvgIpc) is 2.29. The molecule has 2 nitrogen and oxygen atoms in total. The summed E-state index contributed by atoms with van der Waals surface area (Å²) in [5.74, 6) is -2.40. The Morgan fingerprint density at radius 3 is 1.86 bits per heavy atom. The number of anilines is 1. The van der Waals surface area contributed by atoms with Gasteiger partial charge in [0, 0.05) is 5.69 Å². The summed E-state index contributed by atoms with van der Waals surface area (Å²) >= 11 is 4.60. The highest BCUT2D eigenvalue weighted by Crippen LogP contribution is 2.48. The molecule has 0 unspecified atom stereocenters. The number of hydrogen-bond acceptors (Lipinski definition) is 1. The molecule has 0 radical (unpaired) electrons. The largest absolute Gasteiger partial charge is 0.425 e. The van der Waals surface area contributed by atoms with Gasteiger partial charge < -0.3 is 5.32 Å². The molecule has 0 aliphatic carbocycles. The van der Waals surface area contributed by atoms with Gasteiger partial charge in [-0.05, 0) is 37.1 Å². The highest BCUT2D eigenvalue weighted by atomic mass is 35.5. The number of carbonyl (C=O) groups excluding carboxylic acids is 1. The summed E-state index contributed by atoms with van der Waals surface area (Å²) in [7, 11) is 0. The van der Waals surface area contributed by atoms with Crippen molar-refractivity contribution in [3.05, 3.63) is 29.3 Å². The van der Waals surface area contributed by atoms with Crippen molar-refractivity contribution in [1.82, 2.24) is 0 Å². The van der Waals surface area contributed by atoms with Crippen molar-refractivity contribution in [1.29, 1.82) is 0 Å². The minimum Gasteiger partial charge on any atom is -0.324 e. The monoisotopic (exact) mass is 333 g/mol. The van der Waals surface area contributed by atoms with Gasteiger partial charge in [-0.2, -0.15) is 26.3 Å². The molecule has 0 aliphatic heterocycles. The van der Waals surface area contributed by atoms with Crippen LogP contribution in [0.2, 0.25) is 0 Å². The van der Waals surface area contributed by atoms with Crippen molar-refractivity contribution in [2.24, 2.45) is 0 Å². The molecule has 0 saturated carbocycles. The first-order valence-electron chi connectivity index (χ1n) is 5.52. The maximum Gasteiger partial charge on any atom is 0.425 e. The third-order valence-electron chi connectivity index (χ3n) is 2.86. The lowest BCUT2D eigenvalue weighted by atomic mass is 10.1. The molecular formula is C12H10ClF6NO. The summed E-state index contributed by atoms with van der Waals surface area (Å²) in [6, 6.07) is 3.88. The molecule has 0 saturated heterocycles. The summed E-state index contributed by atoms with van der Waals surface area (Å²) in [6.45, 7) is 3.28. The molecule has 0 aliphatic rings. The minimum absolute atomic E-state index is 0.207. The van der Waals surface area contributed by atoms with Crippen molar-refractivity contribution in [3.8, 4) is 0 Å². The molecule has 0 atom stereocenters. The smallest absolute Gasteiger partial charge is 0.324 e. The lowest BCUT2D eigenvalue weighted by Gasteiger charge is -2.30. The number of aryl methyl sites for hydroxylation is 2. The van der Waals surface area contributed by atoms with Crippen LogP contribution >= 0.6 is 11.6 Å². The zero-order chi connectivity index (χ0) is 16.6. The molecule has 1 amide bonds. The van der Waals surface area contributed by atoms with Crippen LogP contribution in [-0.4, -0.2) is 23.1 Å². The van der Waals surface area contributed by atoms with Gasteiger partial charge in [0.2, 0.25) is 0 Å².